The first-order valence-electron chi connectivity index (χ1n) is 11.1. The van der Waals surface area contributed by atoms with Crippen LogP contribution in [0.2, 0.25) is 0 Å². The van der Waals surface area contributed by atoms with Gasteiger partial charge < -0.3 is 14.6 Å². The lowest BCUT2D eigenvalue weighted by Gasteiger charge is -2.13. The summed E-state index contributed by atoms with van der Waals surface area (Å²) in [5.41, 5.74) is 2.54. The molecule has 1 amide bonds. The molecule has 0 radical (unpaired) electrons. The van der Waals surface area contributed by atoms with Crippen LogP contribution in [0.4, 0.5) is 5.69 Å². The molecule has 0 atom stereocenters. The van der Waals surface area contributed by atoms with E-state index in [9.17, 15) is 14.4 Å². The highest BCUT2D eigenvalue weighted by atomic mass is 16.5. The van der Waals surface area contributed by atoms with E-state index in [1.165, 1.54) is 4.57 Å². The number of fused-ring (bicyclic) bond motifs is 3. The number of ether oxygens (including phenoxy) is 1. The molecule has 5 aromatic rings. The summed E-state index contributed by atoms with van der Waals surface area (Å²) in [6.07, 6.45) is 0. The number of hydrogen-bond donors (Lipinski definition) is 1. The van der Waals surface area contributed by atoms with Gasteiger partial charge in [-0.3, -0.25) is 14.2 Å². The van der Waals surface area contributed by atoms with Crippen molar-refractivity contribution in [3.05, 3.63) is 99.2 Å². The van der Waals surface area contributed by atoms with Gasteiger partial charge in [0.15, 0.2) is 0 Å². The van der Waals surface area contributed by atoms with Crippen molar-refractivity contribution in [3.8, 4) is 11.4 Å². The van der Waals surface area contributed by atoms with E-state index < -0.39 is 17.2 Å². The fraction of sp³-hybridized carbons (Fsp3) is 0.148. The molecule has 2 aromatic heterocycles. The van der Waals surface area contributed by atoms with Gasteiger partial charge in [-0.25, -0.2) is 9.36 Å². The monoisotopic (exact) mass is 468 g/mol. The number of amides is 1. The Kier molecular flexibility index (Phi) is 5.49. The van der Waals surface area contributed by atoms with Crippen molar-refractivity contribution in [2.24, 2.45) is 7.05 Å². The first-order chi connectivity index (χ1) is 16.9. The van der Waals surface area contributed by atoms with Crippen LogP contribution in [-0.4, -0.2) is 26.7 Å². The van der Waals surface area contributed by atoms with E-state index in [2.05, 4.69) is 5.32 Å². The molecule has 176 valence electrons. The van der Waals surface area contributed by atoms with Gasteiger partial charge in [0, 0.05) is 24.2 Å². The van der Waals surface area contributed by atoms with Crippen molar-refractivity contribution in [2.45, 2.75) is 13.5 Å². The third-order valence-electron chi connectivity index (χ3n) is 6.10. The molecule has 3 aromatic carbocycles. The van der Waals surface area contributed by atoms with E-state index in [0.29, 0.717) is 28.2 Å². The summed E-state index contributed by atoms with van der Waals surface area (Å²) in [6.45, 7) is 1.67. The fourth-order valence-corrected chi connectivity index (χ4v) is 4.46. The van der Waals surface area contributed by atoms with Crippen molar-refractivity contribution in [2.75, 3.05) is 12.4 Å². The van der Waals surface area contributed by atoms with Crippen molar-refractivity contribution in [1.82, 2.24) is 13.7 Å². The van der Waals surface area contributed by atoms with Gasteiger partial charge in [-0.15, -0.1) is 0 Å². The Morgan fingerprint density at radius 1 is 0.943 bits per heavy atom. The second-order valence-electron chi connectivity index (χ2n) is 8.40. The number of benzene rings is 3. The molecule has 0 aliphatic rings. The molecule has 5 rings (SSSR count). The third-order valence-corrected chi connectivity index (χ3v) is 6.10. The average Bonchev–Trinajstić information content (AvgIpc) is 3.14. The predicted molar refractivity (Wildman–Crippen MR) is 137 cm³/mol. The van der Waals surface area contributed by atoms with Crippen molar-refractivity contribution < 1.29 is 9.53 Å². The largest absolute Gasteiger partial charge is 0.497 e. The minimum atomic E-state index is -0.580. The Balaban J connectivity index is 1.75. The number of para-hydroxylation sites is 1. The maximum absolute atomic E-state index is 13.7. The molecule has 8 nitrogen and oxygen atoms in total. The molecule has 8 heteroatoms. The summed E-state index contributed by atoms with van der Waals surface area (Å²) < 4.78 is 9.50. The van der Waals surface area contributed by atoms with Gasteiger partial charge in [-0.1, -0.05) is 35.9 Å². The molecule has 0 saturated carbocycles. The summed E-state index contributed by atoms with van der Waals surface area (Å²) in [5, 5.41) is 3.57. The van der Waals surface area contributed by atoms with Crippen LogP contribution >= 0.6 is 0 Å². The number of aryl methyl sites for hydroxylation is 2. The van der Waals surface area contributed by atoms with E-state index in [4.69, 9.17) is 4.74 Å². The minimum Gasteiger partial charge on any atom is -0.497 e. The van der Waals surface area contributed by atoms with Crippen molar-refractivity contribution in [1.29, 1.82) is 0 Å². The Labute approximate surface area is 200 Å². The topological polar surface area (TPSA) is 87.3 Å². The van der Waals surface area contributed by atoms with Crippen LogP contribution in [0.15, 0.2) is 82.4 Å². The predicted octanol–water partition coefficient (Wildman–Crippen LogP) is 3.60. The number of hydrogen-bond acceptors (Lipinski definition) is 4. The van der Waals surface area contributed by atoms with Crippen LogP contribution in [-0.2, 0) is 18.4 Å². The van der Waals surface area contributed by atoms with E-state index >= 15 is 0 Å². The van der Waals surface area contributed by atoms with E-state index in [1.807, 2.05) is 31.2 Å². The first-order valence-corrected chi connectivity index (χ1v) is 11.1. The Hall–Kier alpha value is -4.59. The summed E-state index contributed by atoms with van der Waals surface area (Å²) in [7, 11) is 3.34. The molecule has 0 aliphatic carbocycles. The first kappa shape index (κ1) is 22.2. The summed E-state index contributed by atoms with van der Waals surface area (Å²) in [5.74, 6) is 0.203. The van der Waals surface area contributed by atoms with E-state index in [1.54, 1.807) is 67.3 Å². The van der Waals surface area contributed by atoms with Gasteiger partial charge in [0.05, 0.1) is 23.8 Å². The van der Waals surface area contributed by atoms with Gasteiger partial charge in [-0.05, 0) is 43.3 Å². The molecule has 1 N–H and O–H groups in total. The van der Waals surface area contributed by atoms with Crippen molar-refractivity contribution >= 4 is 33.5 Å². The zero-order valence-electron chi connectivity index (χ0n) is 19.6. The second kappa shape index (κ2) is 8.64. The third kappa shape index (κ3) is 3.78. The SMILES string of the molecule is COc1cccc(NC(=O)Cn2c(=O)n(-c3ccccc3)c(=O)c3c2c2cc(C)ccc2n3C)c1. The number of anilines is 1. The van der Waals surface area contributed by atoms with Crippen LogP contribution in [0.5, 0.6) is 5.75 Å². The van der Waals surface area contributed by atoms with Gasteiger partial charge in [0.2, 0.25) is 5.91 Å². The zero-order valence-corrected chi connectivity index (χ0v) is 19.6. The summed E-state index contributed by atoms with van der Waals surface area (Å²) in [6, 6.07) is 21.5. The number of carbonyl (C=O) groups excluding carboxylic acids is 1. The lowest BCUT2D eigenvalue weighted by Crippen LogP contribution is -2.41. The molecular formula is C27H24N4O4. The Morgan fingerprint density at radius 2 is 1.71 bits per heavy atom. The zero-order chi connectivity index (χ0) is 24.7. The number of nitrogens with zero attached hydrogens (tertiary/aromatic N) is 3. The number of methoxy groups -OCH3 is 1. The molecule has 0 aliphatic heterocycles. The molecule has 0 saturated heterocycles. The molecule has 2 heterocycles. The van der Waals surface area contributed by atoms with E-state index in [-0.39, 0.29) is 6.54 Å². The lowest BCUT2D eigenvalue weighted by atomic mass is 10.1. The highest BCUT2D eigenvalue weighted by molar-refractivity contribution is 6.06. The average molecular weight is 469 g/mol. The van der Waals surface area contributed by atoms with Gasteiger partial charge in [-0.2, -0.15) is 0 Å². The van der Waals surface area contributed by atoms with Gasteiger partial charge in [0.25, 0.3) is 5.56 Å². The normalized spacial score (nSPS) is 11.2. The second-order valence-corrected chi connectivity index (χ2v) is 8.40. The Bertz CT molecular complexity index is 1710. The van der Waals surface area contributed by atoms with Crippen LogP contribution in [0.25, 0.3) is 27.6 Å². The highest BCUT2D eigenvalue weighted by Crippen LogP contribution is 2.27. The standard InChI is InChI=1S/C27H24N4O4/c1-17-12-13-22-21(14-17)24-25(29(22)2)26(33)31(19-9-5-4-6-10-19)27(34)30(24)16-23(32)28-18-8-7-11-20(15-18)35-3/h4-15H,16H2,1-3H3,(H,28,32). The van der Waals surface area contributed by atoms with E-state index in [0.717, 1.165) is 21.0 Å². The smallest absolute Gasteiger partial charge is 0.336 e. The summed E-state index contributed by atoms with van der Waals surface area (Å²) in [4.78, 5) is 40.5. The number of nitrogens with one attached hydrogen (secondary N) is 1. The van der Waals surface area contributed by atoms with Gasteiger partial charge >= 0.3 is 5.69 Å². The Morgan fingerprint density at radius 3 is 2.46 bits per heavy atom. The number of rotatable bonds is 5. The van der Waals surface area contributed by atoms with Crippen molar-refractivity contribution in [3.63, 3.8) is 0 Å². The van der Waals surface area contributed by atoms with Gasteiger partial charge in [0.1, 0.15) is 17.8 Å². The lowest BCUT2D eigenvalue weighted by molar-refractivity contribution is -0.116. The number of carbonyl (C=O) groups is 1. The maximum Gasteiger partial charge on any atom is 0.336 e. The van der Waals surface area contributed by atoms with Crippen LogP contribution in [0, 0.1) is 6.92 Å². The van der Waals surface area contributed by atoms with Crippen LogP contribution < -0.4 is 21.3 Å². The fourth-order valence-electron chi connectivity index (χ4n) is 4.46. The molecule has 0 bridgehead atoms. The van der Waals surface area contributed by atoms with Crippen LogP contribution in [0.1, 0.15) is 5.56 Å². The quantitative estimate of drug-likeness (QED) is 0.427. The molecular weight excluding hydrogens is 444 g/mol. The molecule has 0 unspecified atom stereocenters. The summed E-state index contributed by atoms with van der Waals surface area (Å²) >= 11 is 0. The maximum atomic E-state index is 13.7. The van der Waals surface area contributed by atoms with Crippen LogP contribution in [0.3, 0.4) is 0 Å². The minimum absolute atomic E-state index is 0.271. The molecule has 0 spiro atoms. The number of aromatic nitrogens is 3. The molecule has 0 fully saturated rings. The highest BCUT2D eigenvalue weighted by Gasteiger charge is 2.22. The molecule has 35 heavy (non-hydrogen) atoms.